The summed E-state index contributed by atoms with van der Waals surface area (Å²) in [6, 6.07) is 3.41. The van der Waals surface area contributed by atoms with Gasteiger partial charge in [-0.15, -0.1) is 0 Å². The molecule has 1 aromatic rings. The molecule has 6 heteroatoms. The van der Waals surface area contributed by atoms with Crippen molar-refractivity contribution in [3.63, 3.8) is 0 Å². The van der Waals surface area contributed by atoms with E-state index in [2.05, 4.69) is 10.3 Å². The van der Waals surface area contributed by atoms with Gasteiger partial charge < -0.3 is 10.4 Å². The van der Waals surface area contributed by atoms with Gasteiger partial charge in [-0.3, -0.25) is 4.79 Å². The van der Waals surface area contributed by atoms with E-state index in [-0.39, 0.29) is 23.6 Å². The molecule has 0 aliphatic carbocycles. The van der Waals surface area contributed by atoms with Gasteiger partial charge >= 0.3 is 0 Å². The average Bonchev–Trinajstić information content (AvgIpc) is 2.32. The number of thioether (sulfide) groups is 1. The second kappa shape index (κ2) is 7.53. The molecule has 1 heterocycles. The molecule has 0 aliphatic rings. The van der Waals surface area contributed by atoms with Crippen LogP contribution in [0.3, 0.4) is 0 Å². The molecule has 1 atom stereocenters. The number of aliphatic hydroxyl groups excluding tert-OH is 1. The van der Waals surface area contributed by atoms with Gasteiger partial charge in [0.15, 0.2) is 5.15 Å². The normalized spacial score (nSPS) is 12.2. The Morgan fingerprint density at radius 2 is 2.47 bits per heavy atom. The fourth-order valence-corrected chi connectivity index (χ4v) is 2.12. The summed E-state index contributed by atoms with van der Waals surface area (Å²) in [5.41, 5.74) is 0.523. The number of carbonyl (C=O) groups excluding carboxylic acids is 1. The Morgan fingerprint density at radius 3 is 3.12 bits per heavy atom. The molecule has 0 bridgehead atoms. The van der Waals surface area contributed by atoms with Crippen LogP contribution in [0.1, 0.15) is 6.92 Å². The van der Waals surface area contributed by atoms with Crippen LogP contribution in [0.5, 0.6) is 0 Å². The molecule has 4 nitrogen and oxygen atoms in total. The van der Waals surface area contributed by atoms with Crippen LogP contribution in [0.2, 0.25) is 5.15 Å². The van der Waals surface area contributed by atoms with Crippen molar-refractivity contribution >= 4 is 35.0 Å². The maximum absolute atomic E-state index is 11.6. The Labute approximate surface area is 110 Å². The third kappa shape index (κ3) is 5.39. The highest BCUT2D eigenvalue weighted by atomic mass is 35.5. The van der Waals surface area contributed by atoms with Crippen molar-refractivity contribution in [1.29, 1.82) is 0 Å². The highest BCUT2D eigenvalue weighted by Gasteiger charge is 2.07. The first-order valence-corrected chi connectivity index (χ1v) is 6.75. The number of amides is 1. The predicted octanol–water partition coefficient (Wildman–Crippen LogP) is 2.04. The van der Waals surface area contributed by atoms with Gasteiger partial charge in [0.2, 0.25) is 5.91 Å². The maximum Gasteiger partial charge on any atom is 0.234 e. The summed E-state index contributed by atoms with van der Waals surface area (Å²) in [5.74, 6) is 1.19. The first kappa shape index (κ1) is 14.3. The minimum absolute atomic E-state index is 0.116. The van der Waals surface area contributed by atoms with E-state index in [0.29, 0.717) is 11.4 Å². The fraction of sp³-hybridized carbons (Fsp3) is 0.455. The molecule has 94 valence electrons. The number of aromatic nitrogens is 1. The smallest absolute Gasteiger partial charge is 0.234 e. The molecular weight excluding hydrogens is 260 g/mol. The predicted molar refractivity (Wildman–Crippen MR) is 71.5 cm³/mol. The first-order chi connectivity index (χ1) is 8.13. The van der Waals surface area contributed by atoms with Crippen LogP contribution < -0.4 is 5.32 Å². The minimum atomic E-state index is -0.116. The molecule has 0 saturated heterocycles. The number of hydrogen-bond donors (Lipinski definition) is 2. The number of halogens is 1. The fourth-order valence-electron chi connectivity index (χ4n) is 1.07. The van der Waals surface area contributed by atoms with E-state index in [1.807, 2.05) is 6.92 Å². The molecule has 0 saturated carbocycles. The van der Waals surface area contributed by atoms with Crippen molar-refractivity contribution < 1.29 is 9.90 Å². The van der Waals surface area contributed by atoms with Gasteiger partial charge in [-0.2, -0.15) is 11.8 Å². The van der Waals surface area contributed by atoms with Gasteiger partial charge in [0.1, 0.15) is 0 Å². The molecule has 1 aromatic heterocycles. The van der Waals surface area contributed by atoms with E-state index in [0.717, 1.165) is 5.75 Å². The summed E-state index contributed by atoms with van der Waals surface area (Å²) in [6.07, 6.45) is 1.57. The van der Waals surface area contributed by atoms with Crippen LogP contribution >= 0.6 is 23.4 Å². The number of aliphatic hydroxyl groups is 1. The lowest BCUT2D eigenvalue weighted by molar-refractivity contribution is -0.113. The summed E-state index contributed by atoms with van der Waals surface area (Å²) in [5, 5.41) is 11.8. The standard InChI is InChI=1S/C11H15ClN2O2S/c1-8(5-15)6-17-7-10(16)14-9-3-2-4-13-11(9)12/h2-4,8,15H,5-7H2,1H3,(H,14,16). The van der Waals surface area contributed by atoms with Crippen LogP contribution in [0.4, 0.5) is 5.69 Å². The number of pyridine rings is 1. The summed E-state index contributed by atoms with van der Waals surface area (Å²) in [7, 11) is 0. The summed E-state index contributed by atoms with van der Waals surface area (Å²) >= 11 is 7.29. The van der Waals surface area contributed by atoms with Crippen molar-refractivity contribution in [2.45, 2.75) is 6.92 Å². The quantitative estimate of drug-likeness (QED) is 0.780. The third-order valence-electron chi connectivity index (χ3n) is 1.98. The second-order valence-corrected chi connectivity index (χ2v) is 5.08. The number of hydrogen-bond acceptors (Lipinski definition) is 4. The number of carbonyl (C=O) groups is 1. The van der Waals surface area contributed by atoms with Gasteiger partial charge in [0, 0.05) is 12.8 Å². The van der Waals surface area contributed by atoms with Gasteiger partial charge in [-0.05, 0) is 23.8 Å². The van der Waals surface area contributed by atoms with E-state index in [1.165, 1.54) is 11.8 Å². The van der Waals surface area contributed by atoms with Gasteiger partial charge in [-0.1, -0.05) is 18.5 Å². The molecule has 17 heavy (non-hydrogen) atoms. The minimum Gasteiger partial charge on any atom is -0.396 e. The molecule has 0 spiro atoms. The summed E-state index contributed by atoms with van der Waals surface area (Å²) in [4.78, 5) is 15.4. The molecule has 0 aliphatic heterocycles. The second-order valence-electron chi connectivity index (χ2n) is 3.69. The van der Waals surface area contributed by atoms with Crippen LogP contribution in [0, 0.1) is 5.92 Å². The summed E-state index contributed by atoms with van der Waals surface area (Å²) in [6.45, 7) is 2.08. The Bertz CT molecular complexity index is 376. The largest absolute Gasteiger partial charge is 0.396 e. The van der Waals surface area contributed by atoms with E-state index in [4.69, 9.17) is 16.7 Å². The molecule has 1 unspecified atom stereocenters. The Morgan fingerprint density at radius 1 is 1.71 bits per heavy atom. The molecule has 0 aromatic carbocycles. The van der Waals surface area contributed by atoms with E-state index < -0.39 is 0 Å². The molecule has 0 fully saturated rings. The van der Waals surface area contributed by atoms with Crippen molar-refractivity contribution in [2.75, 3.05) is 23.4 Å². The monoisotopic (exact) mass is 274 g/mol. The first-order valence-electron chi connectivity index (χ1n) is 5.22. The average molecular weight is 275 g/mol. The SMILES string of the molecule is CC(CO)CSCC(=O)Nc1cccnc1Cl. The lowest BCUT2D eigenvalue weighted by Crippen LogP contribution is -2.16. The summed E-state index contributed by atoms with van der Waals surface area (Å²) < 4.78 is 0. The highest BCUT2D eigenvalue weighted by Crippen LogP contribution is 2.18. The highest BCUT2D eigenvalue weighted by molar-refractivity contribution is 7.99. The van der Waals surface area contributed by atoms with Crippen molar-refractivity contribution in [3.8, 4) is 0 Å². The van der Waals surface area contributed by atoms with Crippen molar-refractivity contribution in [2.24, 2.45) is 5.92 Å². The lowest BCUT2D eigenvalue weighted by atomic mass is 10.2. The zero-order valence-corrected chi connectivity index (χ0v) is 11.1. The van der Waals surface area contributed by atoms with E-state index in [1.54, 1.807) is 18.3 Å². The van der Waals surface area contributed by atoms with Crippen molar-refractivity contribution in [1.82, 2.24) is 4.98 Å². The lowest BCUT2D eigenvalue weighted by Gasteiger charge is -2.08. The van der Waals surface area contributed by atoms with Crippen molar-refractivity contribution in [3.05, 3.63) is 23.5 Å². The van der Waals surface area contributed by atoms with Crippen LogP contribution in [-0.2, 0) is 4.79 Å². The Hall–Kier alpha value is -0.780. The third-order valence-corrected chi connectivity index (χ3v) is 3.55. The molecule has 1 amide bonds. The molecule has 1 rings (SSSR count). The number of nitrogens with one attached hydrogen (secondary N) is 1. The number of nitrogens with zero attached hydrogens (tertiary/aromatic N) is 1. The Kier molecular flexibility index (Phi) is 6.32. The zero-order valence-electron chi connectivity index (χ0n) is 9.52. The van der Waals surface area contributed by atoms with Gasteiger partial charge in [0.25, 0.3) is 0 Å². The van der Waals surface area contributed by atoms with Crippen LogP contribution in [0.15, 0.2) is 18.3 Å². The zero-order chi connectivity index (χ0) is 12.7. The number of anilines is 1. The maximum atomic E-state index is 11.6. The Balaban J connectivity index is 2.33. The van der Waals surface area contributed by atoms with Gasteiger partial charge in [-0.25, -0.2) is 4.98 Å². The molecule has 0 radical (unpaired) electrons. The van der Waals surface area contributed by atoms with Gasteiger partial charge in [0.05, 0.1) is 11.4 Å². The van der Waals surface area contributed by atoms with E-state index >= 15 is 0 Å². The van der Waals surface area contributed by atoms with Crippen LogP contribution in [-0.4, -0.2) is 34.1 Å². The number of rotatable bonds is 6. The molecule has 2 N–H and O–H groups in total. The van der Waals surface area contributed by atoms with Crippen LogP contribution in [0.25, 0.3) is 0 Å². The van der Waals surface area contributed by atoms with E-state index in [9.17, 15) is 4.79 Å². The topological polar surface area (TPSA) is 62.2 Å². The molecular formula is C11H15ClN2O2S.